The molecule has 0 aromatic rings. The van der Waals surface area contributed by atoms with Gasteiger partial charge < -0.3 is 9.84 Å². The van der Waals surface area contributed by atoms with Crippen LogP contribution in [0.3, 0.4) is 0 Å². The normalized spacial score (nSPS) is 33.7. The number of fused-ring (bicyclic) bond motifs is 5. The number of ketones is 4. The van der Waals surface area contributed by atoms with Crippen molar-refractivity contribution < 1.29 is 29.0 Å². The number of methoxy groups -OCH3 is 1. The SMILES string of the molecule is COC1=C(C)C(=O)C2=C(C1=O)[C@@H]1[C@@H]3CC4=C(C(=O)C(C)=C(C)C4=O)[C@H](CO)N3C(C#N)[C@H](C2)N1C. The summed E-state index contributed by atoms with van der Waals surface area (Å²) >= 11 is 0. The van der Waals surface area contributed by atoms with E-state index in [0.717, 1.165) is 0 Å². The Bertz CT molecular complexity index is 1290. The van der Waals surface area contributed by atoms with Crippen LogP contribution < -0.4 is 0 Å². The summed E-state index contributed by atoms with van der Waals surface area (Å²) in [5.41, 5.74) is 2.23. The summed E-state index contributed by atoms with van der Waals surface area (Å²) in [4.78, 5) is 57.2. The maximum atomic E-state index is 13.6. The van der Waals surface area contributed by atoms with Gasteiger partial charge in [0.05, 0.1) is 31.9 Å². The summed E-state index contributed by atoms with van der Waals surface area (Å²) in [5, 5.41) is 20.7. The van der Waals surface area contributed by atoms with Crippen molar-refractivity contribution in [1.29, 1.82) is 5.26 Å². The molecule has 0 amide bonds. The van der Waals surface area contributed by atoms with Crippen molar-refractivity contribution in [3.05, 3.63) is 44.8 Å². The molecular formula is C26H27N3O6. The van der Waals surface area contributed by atoms with E-state index in [2.05, 4.69) is 6.07 Å². The Morgan fingerprint density at radius 2 is 1.49 bits per heavy atom. The van der Waals surface area contributed by atoms with Crippen molar-refractivity contribution in [1.82, 2.24) is 9.80 Å². The fourth-order valence-corrected chi connectivity index (χ4v) is 6.69. The lowest BCUT2D eigenvalue weighted by Crippen LogP contribution is -2.74. The Morgan fingerprint density at radius 1 is 0.914 bits per heavy atom. The van der Waals surface area contributed by atoms with E-state index in [1.54, 1.807) is 20.8 Å². The first kappa shape index (κ1) is 23.5. The zero-order valence-electron chi connectivity index (χ0n) is 20.3. The number of piperazine rings is 1. The molecule has 182 valence electrons. The number of allylic oxidation sites excluding steroid dienone is 4. The molecule has 1 unspecified atom stereocenters. The highest BCUT2D eigenvalue weighted by molar-refractivity contribution is 6.26. The summed E-state index contributed by atoms with van der Waals surface area (Å²) < 4.78 is 5.31. The molecule has 2 aliphatic carbocycles. The molecule has 5 rings (SSSR count). The lowest BCUT2D eigenvalue weighted by atomic mass is 9.67. The van der Waals surface area contributed by atoms with E-state index in [4.69, 9.17) is 4.74 Å². The Hall–Kier alpha value is -3.19. The number of Topliss-reactive ketones (excluding diaryl/α,β-unsaturated/α-hetero) is 4. The van der Waals surface area contributed by atoms with E-state index in [-0.39, 0.29) is 52.9 Å². The highest BCUT2D eigenvalue weighted by Crippen LogP contribution is 2.48. The van der Waals surface area contributed by atoms with Crippen molar-refractivity contribution >= 4 is 23.1 Å². The lowest BCUT2D eigenvalue weighted by molar-refractivity contribution is -0.125. The average molecular weight is 478 g/mol. The van der Waals surface area contributed by atoms with Crippen LogP contribution in [0.1, 0.15) is 33.6 Å². The van der Waals surface area contributed by atoms with Crippen LogP contribution in [0.15, 0.2) is 44.8 Å². The van der Waals surface area contributed by atoms with Gasteiger partial charge in [-0.2, -0.15) is 5.26 Å². The summed E-state index contributed by atoms with van der Waals surface area (Å²) in [6.07, 6.45) is 0.321. The number of aliphatic hydroxyl groups excluding tert-OH is 1. The summed E-state index contributed by atoms with van der Waals surface area (Å²) in [5.74, 6) is -1.18. The van der Waals surface area contributed by atoms with Gasteiger partial charge in [0, 0.05) is 51.1 Å². The summed E-state index contributed by atoms with van der Waals surface area (Å²) in [6, 6.07) is -0.895. The van der Waals surface area contributed by atoms with E-state index in [9.17, 15) is 29.5 Å². The number of nitrogens with zero attached hydrogens (tertiary/aromatic N) is 3. The zero-order chi connectivity index (χ0) is 25.5. The van der Waals surface area contributed by atoms with Gasteiger partial charge in [0.2, 0.25) is 5.78 Å². The topological polar surface area (TPSA) is 128 Å². The first-order chi connectivity index (χ1) is 16.6. The van der Waals surface area contributed by atoms with E-state index >= 15 is 0 Å². The standard InChI is InChI=1S/C26H27N3O6/c1-10-11(2)24(33)19-13(22(10)31)7-16-21-20-14(23(32)12(3)26(35-5)25(20)34)6-15(28(21)4)17(8-27)29(16)18(19)9-30/h15-18,21,30H,6-7,9H2,1-5H3/t15-,16-,17?,18-,21-/m0/s1. The molecule has 5 atom stereocenters. The summed E-state index contributed by atoms with van der Waals surface area (Å²) in [6.45, 7) is 4.33. The largest absolute Gasteiger partial charge is 0.492 e. The van der Waals surface area contributed by atoms with Crippen molar-refractivity contribution in [2.45, 2.75) is 63.8 Å². The molecule has 0 spiro atoms. The molecule has 0 saturated carbocycles. The second kappa shape index (κ2) is 7.92. The van der Waals surface area contributed by atoms with Crippen LogP contribution in [-0.2, 0) is 23.9 Å². The van der Waals surface area contributed by atoms with Crippen molar-refractivity contribution in [3.63, 3.8) is 0 Å². The fraction of sp³-hybridized carbons (Fsp3) is 0.500. The quantitative estimate of drug-likeness (QED) is 0.567. The number of nitriles is 1. The number of ether oxygens (including phenoxy) is 1. The Balaban J connectivity index is 1.72. The molecule has 9 nitrogen and oxygen atoms in total. The maximum absolute atomic E-state index is 13.6. The number of rotatable bonds is 2. The van der Waals surface area contributed by atoms with E-state index < -0.39 is 36.8 Å². The van der Waals surface area contributed by atoms with E-state index in [1.807, 2.05) is 16.8 Å². The molecule has 1 N–H and O–H groups in total. The average Bonchev–Trinajstić information content (AvgIpc) is 2.84. The molecule has 0 aromatic heterocycles. The van der Waals surface area contributed by atoms with Crippen LogP contribution in [0.2, 0.25) is 0 Å². The van der Waals surface area contributed by atoms with Crippen molar-refractivity contribution in [3.8, 4) is 6.07 Å². The number of hydrogen-bond acceptors (Lipinski definition) is 9. The van der Waals surface area contributed by atoms with Gasteiger partial charge in [-0.3, -0.25) is 29.0 Å². The van der Waals surface area contributed by atoms with Crippen molar-refractivity contribution in [2.24, 2.45) is 0 Å². The Labute approximate surface area is 203 Å². The van der Waals surface area contributed by atoms with Crippen LogP contribution in [0.4, 0.5) is 0 Å². The minimum atomic E-state index is -0.859. The molecule has 1 fully saturated rings. The molecular weight excluding hydrogens is 450 g/mol. The highest BCUT2D eigenvalue weighted by atomic mass is 16.5. The van der Waals surface area contributed by atoms with Crippen LogP contribution in [0.25, 0.3) is 0 Å². The molecule has 3 aliphatic heterocycles. The number of likely N-dealkylation sites (N-methyl/N-ethyl adjacent to an activating group) is 1. The molecule has 5 aliphatic rings. The fourth-order valence-electron chi connectivity index (χ4n) is 6.69. The van der Waals surface area contributed by atoms with E-state index in [0.29, 0.717) is 27.9 Å². The highest BCUT2D eigenvalue weighted by Gasteiger charge is 2.59. The van der Waals surface area contributed by atoms with Crippen LogP contribution in [0, 0.1) is 11.3 Å². The van der Waals surface area contributed by atoms with Crippen LogP contribution in [0.5, 0.6) is 0 Å². The van der Waals surface area contributed by atoms with E-state index in [1.165, 1.54) is 7.11 Å². The number of hydrogen-bond donors (Lipinski definition) is 1. The van der Waals surface area contributed by atoms with Gasteiger partial charge >= 0.3 is 0 Å². The Morgan fingerprint density at radius 3 is 2.09 bits per heavy atom. The Kier molecular flexibility index (Phi) is 5.33. The lowest BCUT2D eigenvalue weighted by Gasteiger charge is -2.60. The van der Waals surface area contributed by atoms with Gasteiger partial charge in [0.1, 0.15) is 6.04 Å². The van der Waals surface area contributed by atoms with Crippen LogP contribution in [-0.4, -0.2) is 89.0 Å². The molecule has 0 radical (unpaired) electrons. The maximum Gasteiger partial charge on any atom is 0.226 e. The molecule has 9 heteroatoms. The minimum Gasteiger partial charge on any atom is -0.492 e. The molecule has 1 saturated heterocycles. The first-order valence-corrected chi connectivity index (χ1v) is 11.7. The molecule has 2 bridgehead atoms. The van der Waals surface area contributed by atoms with Gasteiger partial charge in [-0.25, -0.2) is 0 Å². The number of carbonyl (C=O) groups excluding carboxylic acids is 4. The number of aliphatic hydroxyl groups is 1. The first-order valence-electron chi connectivity index (χ1n) is 11.7. The zero-order valence-corrected chi connectivity index (χ0v) is 20.3. The smallest absolute Gasteiger partial charge is 0.226 e. The third kappa shape index (κ3) is 2.84. The summed E-state index contributed by atoms with van der Waals surface area (Å²) in [7, 11) is 3.17. The molecule has 35 heavy (non-hydrogen) atoms. The third-order valence-electron chi connectivity index (χ3n) is 8.54. The van der Waals surface area contributed by atoms with Gasteiger partial charge in [0.25, 0.3) is 0 Å². The molecule has 3 heterocycles. The third-order valence-corrected chi connectivity index (χ3v) is 8.54. The second-order valence-electron chi connectivity index (χ2n) is 9.88. The van der Waals surface area contributed by atoms with Gasteiger partial charge in [-0.1, -0.05) is 0 Å². The number of carbonyl (C=O) groups is 4. The van der Waals surface area contributed by atoms with Gasteiger partial charge in [-0.15, -0.1) is 0 Å². The predicted octanol–water partition coefficient (Wildman–Crippen LogP) is 0.554. The van der Waals surface area contributed by atoms with Gasteiger partial charge in [0.15, 0.2) is 23.1 Å². The second-order valence-corrected chi connectivity index (χ2v) is 9.88. The van der Waals surface area contributed by atoms with Crippen molar-refractivity contribution in [2.75, 3.05) is 20.8 Å². The van der Waals surface area contributed by atoms with Crippen LogP contribution >= 0.6 is 0 Å². The predicted molar refractivity (Wildman–Crippen MR) is 123 cm³/mol. The monoisotopic (exact) mass is 477 g/mol. The molecule has 0 aromatic carbocycles. The minimum absolute atomic E-state index is 0.00213. The van der Waals surface area contributed by atoms with Gasteiger partial charge in [-0.05, 0) is 40.7 Å².